The van der Waals surface area contributed by atoms with Gasteiger partial charge >= 0.3 is 0 Å². The average Bonchev–Trinajstić information content (AvgIpc) is 2.39. The van der Waals surface area contributed by atoms with E-state index in [1.54, 1.807) is 19.1 Å². The predicted octanol–water partition coefficient (Wildman–Crippen LogP) is 2.74. The highest BCUT2D eigenvalue weighted by molar-refractivity contribution is 5.55. The van der Waals surface area contributed by atoms with Crippen LogP contribution < -0.4 is 4.90 Å². The van der Waals surface area contributed by atoms with Crippen LogP contribution in [0.1, 0.15) is 31.4 Å². The number of para-hydroxylation sites is 1. The first-order valence-corrected chi connectivity index (χ1v) is 6.85. The number of rotatable bonds is 4. The van der Waals surface area contributed by atoms with Gasteiger partial charge in [0.05, 0.1) is 11.8 Å². The van der Waals surface area contributed by atoms with E-state index in [0.29, 0.717) is 17.2 Å². The van der Waals surface area contributed by atoms with Crippen LogP contribution in [0.25, 0.3) is 0 Å². The number of nitrogens with zero attached hydrogens (tertiary/aromatic N) is 1. The molecule has 1 fully saturated rings. The van der Waals surface area contributed by atoms with Gasteiger partial charge in [0, 0.05) is 32.4 Å². The van der Waals surface area contributed by atoms with Crippen molar-refractivity contribution in [3.8, 4) is 0 Å². The Morgan fingerprint density at radius 1 is 1.42 bits per heavy atom. The molecule has 0 spiro atoms. The van der Waals surface area contributed by atoms with E-state index in [0.717, 1.165) is 32.6 Å². The van der Waals surface area contributed by atoms with Crippen molar-refractivity contribution in [2.75, 3.05) is 31.7 Å². The van der Waals surface area contributed by atoms with Crippen molar-refractivity contribution in [2.45, 2.75) is 25.9 Å². The molecule has 1 aliphatic heterocycles. The number of benzene rings is 1. The zero-order valence-corrected chi connectivity index (χ0v) is 11.6. The second-order valence-electron chi connectivity index (χ2n) is 5.29. The minimum absolute atomic E-state index is 0.270. The minimum atomic E-state index is -0.664. The summed E-state index contributed by atoms with van der Waals surface area (Å²) in [6, 6.07) is 4.87. The first-order chi connectivity index (χ1) is 9.09. The Kier molecular flexibility index (Phi) is 4.77. The Labute approximate surface area is 114 Å². The van der Waals surface area contributed by atoms with Gasteiger partial charge in [0.25, 0.3) is 0 Å². The largest absolute Gasteiger partial charge is 0.389 e. The third-order valence-corrected chi connectivity index (χ3v) is 3.72. The number of anilines is 1. The van der Waals surface area contributed by atoms with Crippen LogP contribution in [0.4, 0.5) is 10.1 Å². The lowest BCUT2D eigenvalue weighted by Crippen LogP contribution is -2.30. The Balaban J connectivity index is 2.15. The Morgan fingerprint density at radius 2 is 2.11 bits per heavy atom. The molecular formula is C15H22FNO2. The molecule has 1 aromatic rings. The lowest BCUT2D eigenvalue weighted by molar-refractivity contribution is 0.0684. The highest BCUT2D eigenvalue weighted by Crippen LogP contribution is 2.30. The van der Waals surface area contributed by atoms with Gasteiger partial charge in [0.1, 0.15) is 5.82 Å². The molecule has 1 aromatic carbocycles. The fourth-order valence-electron chi connectivity index (χ4n) is 2.68. The lowest BCUT2D eigenvalue weighted by atomic mass is 9.98. The van der Waals surface area contributed by atoms with Gasteiger partial charge in [-0.2, -0.15) is 0 Å². The summed E-state index contributed by atoms with van der Waals surface area (Å²) < 4.78 is 19.4. The van der Waals surface area contributed by atoms with Gasteiger partial charge < -0.3 is 14.7 Å². The summed E-state index contributed by atoms with van der Waals surface area (Å²) in [5.41, 5.74) is 1.17. The maximum absolute atomic E-state index is 14.0. The molecule has 0 aliphatic carbocycles. The van der Waals surface area contributed by atoms with Gasteiger partial charge in [-0.25, -0.2) is 4.39 Å². The van der Waals surface area contributed by atoms with Crippen LogP contribution in [0.15, 0.2) is 18.2 Å². The summed E-state index contributed by atoms with van der Waals surface area (Å²) in [6.07, 6.45) is 1.37. The van der Waals surface area contributed by atoms with Crippen molar-refractivity contribution in [3.63, 3.8) is 0 Å². The van der Waals surface area contributed by atoms with E-state index < -0.39 is 6.10 Å². The molecule has 0 aromatic heterocycles. The van der Waals surface area contributed by atoms with Crippen LogP contribution >= 0.6 is 0 Å². The van der Waals surface area contributed by atoms with E-state index in [1.807, 2.05) is 11.9 Å². The molecule has 1 heterocycles. The summed E-state index contributed by atoms with van der Waals surface area (Å²) in [5, 5.41) is 9.77. The second kappa shape index (κ2) is 6.35. The number of ether oxygens (including phenoxy) is 1. The van der Waals surface area contributed by atoms with E-state index in [2.05, 4.69) is 0 Å². The number of hydrogen-bond acceptors (Lipinski definition) is 3. The summed E-state index contributed by atoms with van der Waals surface area (Å²) >= 11 is 0. The van der Waals surface area contributed by atoms with E-state index in [1.165, 1.54) is 6.07 Å². The number of halogens is 1. The predicted molar refractivity (Wildman–Crippen MR) is 73.8 cm³/mol. The van der Waals surface area contributed by atoms with Crippen molar-refractivity contribution >= 4 is 5.69 Å². The highest BCUT2D eigenvalue weighted by Gasteiger charge is 2.20. The number of aliphatic hydroxyl groups excluding tert-OH is 1. The Bertz CT molecular complexity index is 417. The summed E-state index contributed by atoms with van der Waals surface area (Å²) in [7, 11) is 1.89. The molecule has 2 rings (SSSR count). The summed E-state index contributed by atoms with van der Waals surface area (Å²) in [5.74, 6) is 0.258. The van der Waals surface area contributed by atoms with Gasteiger partial charge in [0.2, 0.25) is 0 Å². The molecule has 3 nitrogen and oxygen atoms in total. The van der Waals surface area contributed by atoms with E-state index in [-0.39, 0.29) is 5.82 Å². The van der Waals surface area contributed by atoms with Gasteiger partial charge in [-0.3, -0.25) is 0 Å². The molecule has 0 amide bonds. The standard InChI is InChI=1S/C15H22FNO2/c1-11(18)13-4-3-5-14(16)15(13)17(2)10-12-6-8-19-9-7-12/h3-5,11-12,18H,6-10H2,1-2H3/t11-/m0/s1. The van der Waals surface area contributed by atoms with Crippen molar-refractivity contribution in [1.82, 2.24) is 0 Å². The van der Waals surface area contributed by atoms with Gasteiger partial charge in [0.15, 0.2) is 0 Å². The molecule has 4 heteroatoms. The monoisotopic (exact) mass is 267 g/mol. The average molecular weight is 267 g/mol. The molecule has 0 unspecified atom stereocenters. The van der Waals surface area contributed by atoms with Crippen LogP contribution in [0.2, 0.25) is 0 Å². The van der Waals surface area contributed by atoms with Crippen molar-refractivity contribution in [3.05, 3.63) is 29.6 Å². The van der Waals surface area contributed by atoms with E-state index >= 15 is 0 Å². The SMILES string of the molecule is C[C@H](O)c1cccc(F)c1N(C)CC1CCOCC1. The van der Waals surface area contributed by atoms with Gasteiger partial charge in [-0.15, -0.1) is 0 Å². The van der Waals surface area contributed by atoms with Gasteiger partial charge in [-0.05, 0) is 31.7 Å². The van der Waals surface area contributed by atoms with Crippen molar-refractivity contribution in [1.29, 1.82) is 0 Å². The van der Waals surface area contributed by atoms with Crippen LogP contribution in [0.5, 0.6) is 0 Å². The van der Waals surface area contributed by atoms with Gasteiger partial charge in [-0.1, -0.05) is 12.1 Å². The molecule has 1 atom stereocenters. The highest BCUT2D eigenvalue weighted by atomic mass is 19.1. The van der Waals surface area contributed by atoms with E-state index in [4.69, 9.17) is 4.74 Å². The normalized spacial score (nSPS) is 18.3. The molecule has 0 radical (unpaired) electrons. The molecule has 1 aliphatic rings. The number of hydrogen-bond donors (Lipinski definition) is 1. The second-order valence-corrected chi connectivity index (χ2v) is 5.29. The topological polar surface area (TPSA) is 32.7 Å². The zero-order chi connectivity index (χ0) is 13.8. The van der Waals surface area contributed by atoms with Crippen LogP contribution in [0.3, 0.4) is 0 Å². The van der Waals surface area contributed by atoms with Crippen molar-refractivity contribution in [2.24, 2.45) is 5.92 Å². The van der Waals surface area contributed by atoms with Crippen molar-refractivity contribution < 1.29 is 14.2 Å². The third kappa shape index (κ3) is 3.45. The molecule has 19 heavy (non-hydrogen) atoms. The molecule has 0 bridgehead atoms. The maximum atomic E-state index is 14.0. The number of aliphatic hydroxyl groups is 1. The fraction of sp³-hybridized carbons (Fsp3) is 0.600. The lowest BCUT2D eigenvalue weighted by Gasteiger charge is -2.30. The maximum Gasteiger partial charge on any atom is 0.146 e. The summed E-state index contributed by atoms with van der Waals surface area (Å²) in [6.45, 7) is 4.04. The zero-order valence-electron chi connectivity index (χ0n) is 11.6. The molecule has 1 N–H and O–H groups in total. The molecule has 0 saturated carbocycles. The van der Waals surface area contributed by atoms with Crippen LogP contribution in [0, 0.1) is 11.7 Å². The van der Waals surface area contributed by atoms with Crippen LogP contribution in [-0.2, 0) is 4.74 Å². The minimum Gasteiger partial charge on any atom is -0.389 e. The first-order valence-electron chi connectivity index (χ1n) is 6.85. The quantitative estimate of drug-likeness (QED) is 0.910. The Hall–Kier alpha value is -1.13. The molecular weight excluding hydrogens is 245 g/mol. The molecule has 106 valence electrons. The summed E-state index contributed by atoms with van der Waals surface area (Å²) in [4.78, 5) is 1.92. The molecule has 1 saturated heterocycles. The van der Waals surface area contributed by atoms with E-state index in [9.17, 15) is 9.50 Å². The smallest absolute Gasteiger partial charge is 0.146 e. The Morgan fingerprint density at radius 3 is 2.74 bits per heavy atom. The third-order valence-electron chi connectivity index (χ3n) is 3.72. The van der Waals surface area contributed by atoms with Crippen LogP contribution in [-0.4, -0.2) is 31.9 Å². The fourth-order valence-corrected chi connectivity index (χ4v) is 2.68. The first kappa shape index (κ1) is 14.3.